The molecule has 0 aliphatic heterocycles. The van der Waals surface area contributed by atoms with E-state index in [2.05, 4.69) is 21.5 Å². The molecule has 3 aromatic rings. The Morgan fingerprint density at radius 3 is 2.90 bits per heavy atom. The Bertz CT molecular complexity index is 1180. The molecule has 156 valence electrons. The number of fused-ring (bicyclic) bond motifs is 1. The molecule has 8 heteroatoms. The second kappa shape index (κ2) is 8.83. The van der Waals surface area contributed by atoms with Crippen LogP contribution in [0.3, 0.4) is 0 Å². The summed E-state index contributed by atoms with van der Waals surface area (Å²) in [4.78, 5) is 29.9. The molecule has 1 N–H and O–H groups in total. The van der Waals surface area contributed by atoms with Crippen molar-refractivity contribution < 1.29 is 4.79 Å². The van der Waals surface area contributed by atoms with Crippen LogP contribution in [0.25, 0.3) is 17.0 Å². The normalized spacial score (nSPS) is 14.0. The van der Waals surface area contributed by atoms with Gasteiger partial charge in [-0.25, -0.2) is 18.9 Å². The van der Waals surface area contributed by atoms with Crippen molar-refractivity contribution in [2.24, 2.45) is 0 Å². The van der Waals surface area contributed by atoms with Crippen LogP contribution in [0.1, 0.15) is 37.8 Å². The van der Waals surface area contributed by atoms with Crippen LogP contribution in [-0.2, 0) is 11.3 Å². The highest BCUT2D eigenvalue weighted by Gasteiger charge is 2.16. The van der Waals surface area contributed by atoms with Gasteiger partial charge in [0.05, 0.1) is 0 Å². The van der Waals surface area contributed by atoms with Crippen molar-refractivity contribution in [1.29, 1.82) is 0 Å². The molecule has 0 fully saturated rings. The number of hydrogen-bond acceptors (Lipinski definition) is 4. The van der Waals surface area contributed by atoms with E-state index in [1.54, 1.807) is 24.3 Å². The maximum absolute atomic E-state index is 13.0. The zero-order valence-corrected chi connectivity index (χ0v) is 17.7. The van der Waals surface area contributed by atoms with Gasteiger partial charge in [-0.2, -0.15) is 0 Å². The number of benzene rings is 1. The van der Waals surface area contributed by atoms with E-state index in [4.69, 9.17) is 11.6 Å². The van der Waals surface area contributed by atoms with Gasteiger partial charge in [0.2, 0.25) is 5.91 Å². The fraction of sp³-hybridized carbons (Fsp3) is 0.364. The first-order valence-corrected chi connectivity index (χ1v) is 10.6. The molecular weight excluding hydrogens is 402 g/mol. The molecule has 1 amide bonds. The molecule has 0 spiro atoms. The standard InChI is InChI=1S/C22H24ClN5O2/c1-15-12-19-26-27(14-20(29)24-11-10-16-6-3-2-4-7-16)22(30)28(19)21(25-15)17-8-5-9-18(23)13-17/h5-6,8-9,12-13H,2-4,7,10-11,14H2,1H3,(H,24,29). The first-order valence-electron chi connectivity index (χ1n) is 10.2. The second-order valence-corrected chi connectivity index (χ2v) is 8.01. The molecule has 0 saturated carbocycles. The Labute approximate surface area is 179 Å². The average molecular weight is 426 g/mol. The number of aryl methyl sites for hydroxylation is 1. The van der Waals surface area contributed by atoms with Gasteiger partial charge >= 0.3 is 5.69 Å². The van der Waals surface area contributed by atoms with Crippen molar-refractivity contribution >= 4 is 23.2 Å². The lowest BCUT2D eigenvalue weighted by atomic mass is 9.97. The third-order valence-electron chi connectivity index (χ3n) is 5.23. The van der Waals surface area contributed by atoms with E-state index in [-0.39, 0.29) is 12.5 Å². The number of carbonyl (C=O) groups is 1. The Morgan fingerprint density at radius 2 is 2.13 bits per heavy atom. The molecule has 7 nitrogen and oxygen atoms in total. The lowest BCUT2D eigenvalue weighted by Gasteiger charge is -2.12. The third kappa shape index (κ3) is 4.46. The number of hydrogen-bond donors (Lipinski definition) is 1. The molecule has 4 rings (SSSR count). The van der Waals surface area contributed by atoms with Crippen LogP contribution in [0, 0.1) is 6.92 Å². The number of rotatable bonds is 6. The van der Waals surface area contributed by atoms with Crippen LogP contribution in [0.2, 0.25) is 5.02 Å². The molecule has 30 heavy (non-hydrogen) atoms. The van der Waals surface area contributed by atoms with Crippen molar-refractivity contribution in [3.8, 4) is 11.4 Å². The summed E-state index contributed by atoms with van der Waals surface area (Å²) in [6, 6.07) is 8.87. The number of allylic oxidation sites excluding steroid dienone is 1. The Hall–Kier alpha value is -2.93. The van der Waals surface area contributed by atoms with Gasteiger partial charge in [-0.1, -0.05) is 35.4 Å². The highest BCUT2D eigenvalue weighted by atomic mass is 35.5. The number of amides is 1. The lowest BCUT2D eigenvalue weighted by Crippen LogP contribution is -2.33. The van der Waals surface area contributed by atoms with E-state index >= 15 is 0 Å². The quantitative estimate of drug-likeness (QED) is 0.612. The fourth-order valence-electron chi connectivity index (χ4n) is 3.76. The summed E-state index contributed by atoms with van der Waals surface area (Å²) in [6.45, 7) is 2.28. The van der Waals surface area contributed by atoms with Gasteiger partial charge in [0.15, 0.2) is 5.65 Å². The fourth-order valence-corrected chi connectivity index (χ4v) is 3.95. The van der Waals surface area contributed by atoms with E-state index < -0.39 is 5.69 Å². The molecule has 0 bridgehead atoms. The molecule has 0 atom stereocenters. The Morgan fingerprint density at radius 1 is 1.27 bits per heavy atom. The minimum Gasteiger partial charge on any atom is -0.354 e. The van der Waals surface area contributed by atoms with Crippen LogP contribution >= 0.6 is 11.6 Å². The number of aromatic nitrogens is 4. The van der Waals surface area contributed by atoms with Crippen LogP contribution in [0.4, 0.5) is 0 Å². The summed E-state index contributed by atoms with van der Waals surface area (Å²) in [7, 11) is 0. The molecule has 1 aliphatic rings. The van der Waals surface area contributed by atoms with E-state index in [9.17, 15) is 9.59 Å². The summed E-state index contributed by atoms with van der Waals surface area (Å²) < 4.78 is 2.60. The summed E-state index contributed by atoms with van der Waals surface area (Å²) in [6.07, 6.45) is 7.84. The number of halogens is 1. The smallest absolute Gasteiger partial charge is 0.352 e. The minimum atomic E-state index is -0.405. The first-order chi connectivity index (χ1) is 14.5. The minimum absolute atomic E-state index is 0.131. The van der Waals surface area contributed by atoms with Gasteiger partial charge in [0.25, 0.3) is 0 Å². The number of nitrogens with zero attached hydrogens (tertiary/aromatic N) is 4. The molecule has 0 radical (unpaired) electrons. The monoisotopic (exact) mass is 425 g/mol. The van der Waals surface area contributed by atoms with Crippen molar-refractivity contribution in [3.63, 3.8) is 0 Å². The van der Waals surface area contributed by atoms with Crippen molar-refractivity contribution in [1.82, 2.24) is 24.5 Å². The van der Waals surface area contributed by atoms with E-state index in [1.807, 2.05) is 13.0 Å². The van der Waals surface area contributed by atoms with Crippen LogP contribution < -0.4 is 11.0 Å². The van der Waals surface area contributed by atoms with Gasteiger partial charge in [-0.05, 0) is 51.2 Å². The Balaban J connectivity index is 1.54. The maximum atomic E-state index is 13.0. The van der Waals surface area contributed by atoms with Crippen molar-refractivity contribution in [3.05, 3.63) is 63.2 Å². The predicted octanol–water partition coefficient (Wildman–Crippen LogP) is 3.53. The Kier molecular flexibility index (Phi) is 5.99. The summed E-state index contributed by atoms with van der Waals surface area (Å²) in [5.74, 6) is 0.222. The van der Waals surface area contributed by atoms with Gasteiger partial charge < -0.3 is 5.32 Å². The van der Waals surface area contributed by atoms with Gasteiger partial charge in [0.1, 0.15) is 12.4 Å². The molecular formula is C22H24ClN5O2. The van der Waals surface area contributed by atoms with Crippen LogP contribution in [0.5, 0.6) is 0 Å². The van der Waals surface area contributed by atoms with Crippen molar-refractivity contribution in [2.45, 2.75) is 45.6 Å². The largest absolute Gasteiger partial charge is 0.354 e. The maximum Gasteiger partial charge on any atom is 0.352 e. The highest BCUT2D eigenvalue weighted by molar-refractivity contribution is 6.30. The molecule has 2 heterocycles. The third-order valence-corrected chi connectivity index (χ3v) is 5.46. The zero-order valence-electron chi connectivity index (χ0n) is 16.9. The lowest BCUT2D eigenvalue weighted by molar-refractivity contribution is -0.121. The topological polar surface area (TPSA) is 81.3 Å². The van der Waals surface area contributed by atoms with Crippen LogP contribution in [-0.4, -0.2) is 31.6 Å². The molecule has 0 unspecified atom stereocenters. The van der Waals surface area contributed by atoms with Gasteiger partial charge in [0, 0.05) is 28.9 Å². The second-order valence-electron chi connectivity index (χ2n) is 7.57. The summed E-state index contributed by atoms with van der Waals surface area (Å²) in [5.41, 5.74) is 2.88. The first kappa shape index (κ1) is 20.3. The average Bonchev–Trinajstić information content (AvgIpc) is 3.03. The molecule has 2 aromatic heterocycles. The predicted molar refractivity (Wildman–Crippen MR) is 117 cm³/mol. The number of nitrogens with one attached hydrogen (secondary N) is 1. The van der Waals surface area contributed by atoms with Crippen molar-refractivity contribution in [2.75, 3.05) is 6.54 Å². The molecule has 1 aliphatic carbocycles. The summed E-state index contributed by atoms with van der Waals surface area (Å²) >= 11 is 6.11. The SMILES string of the molecule is Cc1cc2nn(CC(=O)NCCC3=CCCCC3)c(=O)n2c(-c2cccc(Cl)c2)n1. The molecule has 1 aromatic carbocycles. The van der Waals surface area contributed by atoms with Gasteiger partial charge in [-0.3, -0.25) is 4.79 Å². The van der Waals surface area contributed by atoms with E-state index in [1.165, 1.54) is 27.5 Å². The highest BCUT2D eigenvalue weighted by Crippen LogP contribution is 2.22. The number of carbonyl (C=O) groups excluding carboxylic acids is 1. The van der Waals surface area contributed by atoms with E-state index in [0.29, 0.717) is 28.6 Å². The van der Waals surface area contributed by atoms with Crippen LogP contribution in [0.15, 0.2) is 46.8 Å². The van der Waals surface area contributed by atoms with Gasteiger partial charge in [-0.15, -0.1) is 5.10 Å². The van der Waals surface area contributed by atoms with E-state index in [0.717, 1.165) is 25.0 Å². The molecule has 0 saturated heterocycles. The zero-order chi connectivity index (χ0) is 21.1. The summed E-state index contributed by atoms with van der Waals surface area (Å²) in [5, 5.41) is 7.79.